The van der Waals surface area contributed by atoms with Gasteiger partial charge in [-0.3, -0.25) is 9.59 Å². The predicted octanol–water partition coefficient (Wildman–Crippen LogP) is 3.16. The van der Waals surface area contributed by atoms with E-state index in [2.05, 4.69) is 17.6 Å². The van der Waals surface area contributed by atoms with Crippen LogP contribution in [0.3, 0.4) is 0 Å². The molecule has 0 saturated heterocycles. The molecule has 0 aromatic heterocycles. The maximum absolute atomic E-state index is 12.4. The molecule has 6 nitrogen and oxygen atoms in total. The van der Waals surface area contributed by atoms with Gasteiger partial charge in [0.15, 0.2) is 6.61 Å². The molecule has 0 spiro atoms. The molecule has 0 unspecified atom stereocenters. The molecular weight excluding hydrogens is 376 g/mol. The number of benzene rings is 1. The average Bonchev–Trinajstić information content (AvgIpc) is 2.66. The Morgan fingerprint density at radius 2 is 1.86 bits per heavy atom. The molecule has 28 heavy (non-hydrogen) atoms. The molecule has 1 saturated carbocycles. The normalized spacial score (nSPS) is 19.1. The second kappa shape index (κ2) is 11.1. The van der Waals surface area contributed by atoms with E-state index in [0.29, 0.717) is 16.4 Å². The fourth-order valence-electron chi connectivity index (χ4n) is 3.26. The highest BCUT2D eigenvalue weighted by molar-refractivity contribution is 8.00. The standard InChI is InChI=1S/C21H30N2O4S/c1-14(2)22-20(25)13-28-18-11-7-5-9-16(18)21(26)27-12-19(24)23-17-10-6-4-8-15(17)3/h5,7,9,11,14-15,17H,4,6,8,10,12-13H2,1-3H3,(H,22,25)(H,23,24)/t15-,17-/m0/s1. The first-order chi connectivity index (χ1) is 13.4. The van der Waals surface area contributed by atoms with Crippen molar-refractivity contribution in [1.29, 1.82) is 0 Å². The van der Waals surface area contributed by atoms with E-state index in [1.165, 1.54) is 18.2 Å². The number of nitrogens with one attached hydrogen (secondary N) is 2. The van der Waals surface area contributed by atoms with Crippen molar-refractivity contribution in [3.8, 4) is 0 Å². The first-order valence-corrected chi connectivity index (χ1v) is 10.8. The van der Waals surface area contributed by atoms with Crippen molar-refractivity contribution in [1.82, 2.24) is 10.6 Å². The molecule has 2 N–H and O–H groups in total. The van der Waals surface area contributed by atoms with Crippen LogP contribution in [0.25, 0.3) is 0 Å². The van der Waals surface area contributed by atoms with Gasteiger partial charge in [-0.15, -0.1) is 11.8 Å². The maximum Gasteiger partial charge on any atom is 0.339 e. The zero-order valence-corrected chi connectivity index (χ0v) is 17.6. The lowest BCUT2D eigenvalue weighted by atomic mass is 9.86. The molecule has 1 aliphatic carbocycles. The molecule has 1 aromatic carbocycles. The quantitative estimate of drug-likeness (QED) is 0.512. The lowest BCUT2D eigenvalue weighted by molar-refractivity contribution is -0.125. The van der Waals surface area contributed by atoms with Crippen LogP contribution in [0.15, 0.2) is 29.2 Å². The lowest BCUT2D eigenvalue weighted by Crippen LogP contribution is -2.42. The summed E-state index contributed by atoms with van der Waals surface area (Å²) in [5, 5.41) is 5.79. The Morgan fingerprint density at radius 1 is 1.14 bits per heavy atom. The van der Waals surface area contributed by atoms with Crippen molar-refractivity contribution >= 4 is 29.5 Å². The minimum Gasteiger partial charge on any atom is -0.452 e. The van der Waals surface area contributed by atoms with Gasteiger partial charge in [-0.05, 0) is 44.7 Å². The number of hydrogen-bond donors (Lipinski definition) is 2. The van der Waals surface area contributed by atoms with Gasteiger partial charge in [0, 0.05) is 17.0 Å². The molecule has 0 heterocycles. The molecule has 7 heteroatoms. The van der Waals surface area contributed by atoms with Gasteiger partial charge >= 0.3 is 5.97 Å². The molecule has 1 aliphatic rings. The van der Waals surface area contributed by atoms with Crippen LogP contribution in [-0.2, 0) is 14.3 Å². The third-order valence-electron chi connectivity index (χ3n) is 4.71. The van der Waals surface area contributed by atoms with E-state index in [-0.39, 0.29) is 36.3 Å². The summed E-state index contributed by atoms with van der Waals surface area (Å²) in [6.45, 7) is 5.63. The summed E-state index contributed by atoms with van der Waals surface area (Å²) in [6.07, 6.45) is 4.40. The molecule has 2 rings (SSSR count). The van der Waals surface area contributed by atoms with Gasteiger partial charge in [-0.1, -0.05) is 31.9 Å². The van der Waals surface area contributed by atoms with Gasteiger partial charge < -0.3 is 15.4 Å². The highest BCUT2D eigenvalue weighted by Gasteiger charge is 2.23. The Kier molecular flexibility index (Phi) is 8.83. The number of amides is 2. The number of carbonyl (C=O) groups excluding carboxylic acids is 3. The van der Waals surface area contributed by atoms with E-state index < -0.39 is 5.97 Å². The van der Waals surface area contributed by atoms with Crippen LogP contribution in [0.1, 0.15) is 56.8 Å². The number of carbonyl (C=O) groups is 3. The summed E-state index contributed by atoms with van der Waals surface area (Å²) in [7, 11) is 0. The number of hydrogen-bond acceptors (Lipinski definition) is 5. The van der Waals surface area contributed by atoms with Crippen molar-refractivity contribution in [2.24, 2.45) is 5.92 Å². The smallest absolute Gasteiger partial charge is 0.339 e. The summed E-state index contributed by atoms with van der Waals surface area (Å²) < 4.78 is 5.21. The topological polar surface area (TPSA) is 84.5 Å². The van der Waals surface area contributed by atoms with Gasteiger partial charge in [0.25, 0.3) is 5.91 Å². The third kappa shape index (κ3) is 7.19. The summed E-state index contributed by atoms with van der Waals surface area (Å²) in [4.78, 5) is 37.1. The van der Waals surface area contributed by atoms with Crippen molar-refractivity contribution < 1.29 is 19.1 Å². The first kappa shape index (κ1) is 22.3. The second-order valence-corrected chi connectivity index (χ2v) is 8.54. The molecule has 0 radical (unpaired) electrons. The monoisotopic (exact) mass is 406 g/mol. The Bertz CT molecular complexity index is 693. The van der Waals surface area contributed by atoms with Gasteiger partial charge in [-0.25, -0.2) is 4.79 Å². The SMILES string of the molecule is CC(C)NC(=O)CSc1ccccc1C(=O)OCC(=O)N[C@H]1CCCC[C@@H]1C. The summed E-state index contributed by atoms with van der Waals surface area (Å²) in [5.41, 5.74) is 0.365. The van der Waals surface area contributed by atoms with Gasteiger partial charge in [0.2, 0.25) is 5.91 Å². The van der Waals surface area contributed by atoms with Crippen molar-refractivity contribution in [2.45, 2.75) is 63.4 Å². The summed E-state index contributed by atoms with van der Waals surface area (Å²) in [5.74, 6) is -0.262. The highest BCUT2D eigenvalue weighted by Crippen LogP contribution is 2.24. The van der Waals surface area contributed by atoms with Crippen LogP contribution < -0.4 is 10.6 Å². The van der Waals surface area contributed by atoms with Crippen LogP contribution >= 0.6 is 11.8 Å². The molecule has 154 valence electrons. The van der Waals surface area contributed by atoms with Gasteiger partial charge in [0.1, 0.15) is 0 Å². The minimum atomic E-state index is -0.556. The first-order valence-electron chi connectivity index (χ1n) is 9.84. The van der Waals surface area contributed by atoms with Crippen LogP contribution in [0.4, 0.5) is 0 Å². The van der Waals surface area contributed by atoms with Crippen molar-refractivity contribution in [3.63, 3.8) is 0 Å². The fourth-order valence-corrected chi connectivity index (χ4v) is 4.11. The zero-order valence-electron chi connectivity index (χ0n) is 16.8. The molecule has 2 atom stereocenters. The minimum absolute atomic E-state index is 0.0682. The third-order valence-corrected chi connectivity index (χ3v) is 5.78. The number of ether oxygens (including phenoxy) is 1. The number of esters is 1. The van der Waals surface area contributed by atoms with Crippen LogP contribution in [-0.4, -0.2) is 42.2 Å². The number of thioether (sulfide) groups is 1. The van der Waals surface area contributed by atoms with Crippen LogP contribution in [0.2, 0.25) is 0 Å². The van der Waals surface area contributed by atoms with Crippen LogP contribution in [0.5, 0.6) is 0 Å². The number of rotatable bonds is 8. The summed E-state index contributed by atoms with van der Waals surface area (Å²) >= 11 is 1.28. The van der Waals surface area contributed by atoms with E-state index >= 15 is 0 Å². The largest absolute Gasteiger partial charge is 0.452 e. The molecular formula is C21H30N2O4S. The van der Waals surface area contributed by atoms with Crippen LogP contribution in [0, 0.1) is 5.92 Å². The zero-order chi connectivity index (χ0) is 20.5. The van der Waals surface area contributed by atoms with E-state index in [1.807, 2.05) is 13.8 Å². The molecule has 0 aliphatic heterocycles. The Hall–Kier alpha value is -2.02. The van der Waals surface area contributed by atoms with Gasteiger partial charge in [0.05, 0.1) is 11.3 Å². The highest BCUT2D eigenvalue weighted by atomic mass is 32.2. The fraction of sp³-hybridized carbons (Fsp3) is 0.571. The lowest BCUT2D eigenvalue weighted by Gasteiger charge is -2.29. The molecule has 0 bridgehead atoms. The maximum atomic E-state index is 12.4. The van der Waals surface area contributed by atoms with Crippen molar-refractivity contribution in [3.05, 3.63) is 29.8 Å². The average molecular weight is 407 g/mol. The van der Waals surface area contributed by atoms with E-state index in [0.717, 1.165) is 19.3 Å². The predicted molar refractivity (Wildman–Crippen MR) is 110 cm³/mol. The molecule has 1 aromatic rings. The Morgan fingerprint density at radius 3 is 2.57 bits per heavy atom. The van der Waals surface area contributed by atoms with E-state index in [4.69, 9.17) is 4.74 Å². The second-order valence-electron chi connectivity index (χ2n) is 7.52. The summed E-state index contributed by atoms with van der Waals surface area (Å²) in [6, 6.07) is 7.18. The Labute approximate surface area is 171 Å². The van der Waals surface area contributed by atoms with Crippen molar-refractivity contribution in [2.75, 3.05) is 12.4 Å². The molecule has 2 amide bonds. The molecule has 1 fully saturated rings. The Balaban J connectivity index is 1.86. The van der Waals surface area contributed by atoms with E-state index in [1.54, 1.807) is 24.3 Å². The van der Waals surface area contributed by atoms with Gasteiger partial charge in [-0.2, -0.15) is 0 Å². The van der Waals surface area contributed by atoms with E-state index in [9.17, 15) is 14.4 Å².